The standard InChI is InChI=1S/C25H27ClN2O4/c1-2-31-25(29)28-12-9-20-21-15-17(26)5-8-22(21)27-23(20)24(28)16-3-6-18(7-4-16)32-19-10-13-30-14-11-19/h3-8,15,19,24,27H,2,9-14H2,1H3. The Hall–Kier alpha value is -2.70. The summed E-state index contributed by atoms with van der Waals surface area (Å²) in [5.74, 6) is 0.836. The van der Waals surface area contributed by atoms with Gasteiger partial charge >= 0.3 is 6.09 Å². The normalized spacial score (nSPS) is 19.1. The van der Waals surface area contributed by atoms with Gasteiger partial charge in [-0.3, -0.25) is 4.90 Å². The van der Waals surface area contributed by atoms with E-state index in [0.717, 1.165) is 60.4 Å². The van der Waals surface area contributed by atoms with Crippen molar-refractivity contribution in [2.75, 3.05) is 26.4 Å². The Morgan fingerprint density at radius 1 is 1.19 bits per heavy atom. The van der Waals surface area contributed by atoms with Crippen LogP contribution < -0.4 is 4.74 Å². The fourth-order valence-corrected chi connectivity index (χ4v) is 4.90. The molecule has 3 heterocycles. The van der Waals surface area contributed by atoms with Crippen molar-refractivity contribution in [3.8, 4) is 5.75 Å². The first-order valence-corrected chi connectivity index (χ1v) is 11.6. The smallest absolute Gasteiger partial charge is 0.410 e. The van der Waals surface area contributed by atoms with Crippen molar-refractivity contribution in [2.24, 2.45) is 0 Å². The van der Waals surface area contributed by atoms with E-state index in [1.165, 1.54) is 5.56 Å². The van der Waals surface area contributed by atoms with Crippen LogP contribution in [0.2, 0.25) is 5.02 Å². The second kappa shape index (κ2) is 9.04. The molecule has 1 saturated heterocycles. The molecule has 2 aliphatic rings. The van der Waals surface area contributed by atoms with E-state index in [1.807, 2.05) is 49.4 Å². The molecule has 2 aliphatic heterocycles. The topological polar surface area (TPSA) is 63.8 Å². The van der Waals surface area contributed by atoms with Gasteiger partial charge in [-0.25, -0.2) is 4.79 Å². The number of carbonyl (C=O) groups excluding carboxylic acids is 1. The number of fused-ring (bicyclic) bond motifs is 3. The monoisotopic (exact) mass is 454 g/mol. The Labute approximate surface area is 192 Å². The van der Waals surface area contributed by atoms with Gasteiger partial charge in [0.2, 0.25) is 0 Å². The first-order valence-electron chi connectivity index (χ1n) is 11.2. The third kappa shape index (κ3) is 4.05. The summed E-state index contributed by atoms with van der Waals surface area (Å²) in [6.07, 6.45) is 2.44. The van der Waals surface area contributed by atoms with Crippen molar-refractivity contribution >= 4 is 28.6 Å². The van der Waals surface area contributed by atoms with Crippen LogP contribution in [0.4, 0.5) is 4.79 Å². The van der Waals surface area contributed by atoms with Gasteiger partial charge in [0.25, 0.3) is 0 Å². The highest BCUT2D eigenvalue weighted by atomic mass is 35.5. The summed E-state index contributed by atoms with van der Waals surface area (Å²) >= 11 is 6.27. The van der Waals surface area contributed by atoms with Crippen LogP contribution in [0.3, 0.4) is 0 Å². The van der Waals surface area contributed by atoms with E-state index in [1.54, 1.807) is 4.90 Å². The Balaban J connectivity index is 1.50. The zero-order valence-corrected chi connectivity index (χ0v) is 18.9. The number of benzene rings is 2. The van der Waals surface area contributed by atoms with E-state index in [0.29, 0.717) is 18.2 Å². The molecule has 0 saturated carbocycles. The third-order valence-electron chi connectivity index (χ3n) is 6.26. The maximum Gasteiger partial charge on any atom is 0.410 e. The number of amides is 1. The summed E-state index contributed by atoms with van der Waals surface area (Å²) in [5, 5.41) is 1.82. The highest BCUT2D eigenvalue weighted by Gasteiger charge is 2.35. The lowest BCUT2D eigenvalue weighted by Crippen LogP contribution is -2.41. The van der Waals surface area contributed by atoms with Gasteiger partial charge in [-0.05, 0) is 54.8 Å². The highest BCUT2D eigenvalue weighted by Crippen LogP contribution is 2.39. The fourth-order valence-electron chi connectivity index (χ4n) is 4.73. The number of aromatic nitrogens is 1. The molecule has 1 aromatic heterocycles. The Bertz CT molecular complexity index is 1110. The average molecular weight is 455 g/mol. The van der Waals surface area contributed by atoms with Crippen LogP contribution in [0, 0.1) is 0 Å². The number of hydrogen-bond donors (Lipinski definition) is 1. The van der Waals surface area contributed by atoms with Gasteiger partial charge in [-0.1, -0.05) is 23.7 Å². The zero-order chi connectivity index (χ0) is 22.1. The van der Waals surface area contributed by atoms with Crippen molar-refractivity contribution in [2.45, 2.75) is 38.3 Å². The number of ether oxygens (including phenoxy) is 3. The zero-order valence-electron chi connectivity index (χ0n) is 18.1. The van der Waals surface area contributed by atoms with Crippen LogP contribution in [0.15, 0.2) is 42.5 Å². The van der Waals surface area contributed by atoms with Crippen LogP contribution in [-0.4, -0.2) is 48.4 Å². The molecule has 1 atom stereocenters. The fraction of sp³-hybridized carbons (Fsp3) is 0.400. The largest absolute Gasteiger partial charge is 0.490 e. The minimum Gasteiger partial charge on any atom is -0.490 e. The first-order chi connectivity index (χ1) is 15.6. The van der Waals surface area contributed by atoms with Crippen molar-refractivity contribution in [3.05, 3.63) is 64.3 Å². The molecule has 3 aromatic rings. The molecule has 0 spiro atoms. The van der Waals surface area contributed by atoms with E-state index >= 15 is 0 Å². The SMILES string of the molecule is CCOC(=O)N1CCc2c([nH]c3ccc(Cl)cc23)C1c1ccc(OC2CCOCC2)cc1. The van der Waals surface area contributed by atoms with E-state index in [9.17, 15) is 4.79 Å². The summed E-state index contributed by atoms with van der Waals surface area (Å²) in [7, 11) is 0. The van der Waals surface area contributed by atoms with Gasteiger partial charge in [-0.15, -0.1) is 0 Å². The highest BCUT2D eigenvalue weighted by molar-refractivity contribution is 6.31. The summed E-state index contributed by atoms with van der Waals surface area (Å²) in [6, 6.07) is 13.7. The minimum atomic E-state index is -0.303. The van der Waals surface area contributed by atoms with Crippen LogP contribution in [-0.2, 0) is 15.9 Å². The van der Waals surface area contributed by atoms with Gasteiger partial charge in [0.05, 0.1) is 19.8 Å². The molecule has 32 heavy (non-hydrogen) atoms. The van der Waals surface area contributed by atoms with Crippen molar-refractivity contribution in [1.82, 2.24) is 9.88 Å². The molecule has 2 aromatic carbocycles. The predicted molar refractivity (Wildman–Crippen MR) is 123 cm³/mol. The van der Waals surface area contributed by atoms with Crippen LogP contribution >= 0.6 is 11.6 Å². The Morgan fingerprint density at radius 3 is 2.72 bits per heavy atom. The molecule has 1 amide bonds. The Kier molecular flexibility index (Phi) is 5.98. The molecule has 0 bridgehead atoms. The quantitative estimate of drug-likeness (QED) is 0.566. The van der Waals surface area contributed by atoms with E-state index in [2.05, 4.69) is 4.98 Å². The van der Waals surface area contributed by atoms with Crippen LogP contribution in [0.5, 0.6) is 5.75 Å². The molecule has 1 unspecified atom stereocenters. The molecule has 6 nitrogen and oxygen atoms in total. The van der Waals surface area contributed by atoms with Gasteiger partial charge in [0.15, 0.2) is 0 Å². The number of carbonyl (C=O) groups is 1. The lowest BCUT2D eigenvalue weighted by Gasteiger charge is -2.35. The van der Waals surface area contributed by atoms with Gasteiger partial charge in [0.1, 0.15) is 17.9 Å². The number of aromatic amines is 1. The maximum absolute atomic E-state index is 12.8. The van der Waals surface area contributed by atoms with Crippen LogP contribution in [0.1, 0.15) is 42.6 Å². The lowest BCUT2D eigenvalue weighted by molar-refractivity contribution is 0.0255. The van der Waals surface area contributed by atoms with Crippen molar-refractivity contribution in [1.29, 1.82) is 0 Å². The molecule has 1 N–H and O–H groups in total. The van der Waals surface area contributed by atoms with Gasteiger partial charge in [-0.2, -0.15) is 0 Å². The summed E-state index contributed by atoms with van der Waals surface area (Å²) in [5.41, 5.74) is 4.25. The first kappa shape index (κ1) is 21.2. The number of halogens is 1. The number of rotatable bonds is 4. The molecule has 0 aliphatic carbocycles. The Morgan fingerprint density at radius 2 is 1.97 bits per heavy atom. The molecule has 7 heteroatoms. The molecule has 5 rings (SSSR count). The van der Waals surface area contributed by atoms with Crippen LogP contribution in [0.25, 0.3) is 10.9 Å². The minimum absolute atomic E-state index is 0.186. The van der Waals surface area contributed by atoms with E-state index in [4.69, 9.17) is 25.8 Å². The number of nitrogens with one attached hydrogen (secondary N) is 1. The van der Waals surface area contributed by atoms with Gasteiger partial charge in [0, 0.05) is 41.0 Å². The number of H-pyrrole nitrogens is 1. The molecule has 168 valence electrons. The van der Waals surface area contributed by atoms with E-state index in [-0.39, 0.29) is 18.2 Å². The van der Waals surface area contributed by atoms with E-state index < -0.39 is 0 Å². The average Bonchev–Trinajstić information content (AvgIpc) is 3.18. The molecular formula is C25H27ClN2O4. The summed E-state index contributed by atoms with van der Waals surface area (Å²) in [4.78, 5) is 18.2. The second-order valence-electron chi connectivity index (χ2n) is 8.25. The number of nitrogens with zero attached hydrogens (tertiary/aromatic N) is 1. The maximum atomic E-state index is 12.8. The predicted octanol–water partition coefficient (Wildman–Crippen LogP) is 5.48. The summed E-state index contributed by atoms with van der Waals surface area (Å²) < 4.78 is 16.9. The van der Waals surface area contributed by atoms with Gasteiger partial charge < -0.3 is 19.2 Å². The summed E-state index contributed by atoms with van der Waals surface area (Å²) in [6.45, 7) is 4.24. The third-order valence-corrected chi connectivity index (χ3v) is 6.49. The molecule has 1 fully saturated rings. The number of hydrogen-bond acceptors (Lipinski definition) is 4. The van der Waals surface area contributed by atoms with Crippen molar-refractivity contribution in [3.63, 3.8) is 0 Å². The molecule has 0 radical (unpaired) electrons. The lowest BCUT2D eigenvalue weighted by atomic mass is 9.92. The van der Waals surface area contributed by atoms with Crippen molar-refractivity contribution < 1.29 is 19.0 Å². The molecular weight excluding hydrogens is 428 g/mol. The second-order valence-corrected chi connectivity index (χ2v) is 8.69.